The van der Waals surface area contributed by atoms with E-state index in [1.807, 2.05) is 0 Å². The van der Waals surface area contributed by atoms with Crippen LogP contribution in [0.25, 0.3) is 0 Å². The minimum absolute atomic E-state index is 0.209. The lowest BCUT2D eigenvalue weighted by Crippen LogP contribution is -2.21. The highest BCUT2D eigenvalue weighted by Crippen LogP contribution is 1.89. The third-order valence-electron chi connectivity index (χ3n) is 0.901. The van der Waals surface area contributed by atoms with E-state index in [0.29, 0.717) is 0 Å². The van der Waals surface area contributed by atoms with Crippen LogP contribution in [0.4, 0.5) is 0 Å². The predicted octanol–water partition coefficient (Wildman–Crippen LogP) is -1.73. The molecule has 0 saturated heterocycles. The molecule has 0 heterocycles. The van der Waals surface area contributed by atoms with Gasteiger partial charge in [-0.05, 0) is 12.2 Å². The summed E-state index contributed by atoms with van der Waals surface area (Å²) < 4.78 is 24.5. The Labute approximate surface area is 76.2 Å². The third-order valence-corrected chi connectivity index (χ3v) is 1.37. The van der Waals surface area contributed by atoms with Crippen molar-refractivity contribution in [3.63, 3.8) is 0 Å². The van der Waals surface area contributed by atoms with E-state index in [2.05, 4.69) is 15.1 Å². The topological polar surface area (TPSA) is 110 Å². The molecule has 0 aromatic rings. The molecule has 76 valence electrons. The molecule has 7 heteroatoms. The Bertz CT molecular complexity index is 290. The van der Waals surface area contributed by atoms with Crippen LogP contribution >= 0.6 is 0 Å². The molecule has 13 heavy (non-hydrogen) atoms. The molecular weight excluding hydrogens is 198 g/mol. The summed E-state index contributed by atoms with van der Waals surface area (Å²) in [5.41, 5.74) is 2.41. The maximum absolute atomic E-state index is 10.2. The molecule has 0 aliphatic carbocycles. The summed E-state index contributed by atoms with van der Waals surface area (Å²) in [6.45, 7) is -0.676. The van der Waals surface area contributed by atoms with Crippen LogP contribution in [0.1, 0.15) is 0 Å². The molecule has 0 bridgehead atoms. The van der Waals surface area contributed by atoms with Crippen molar-refractivity contribution in [3.8, 4) is 0 Å². The van der Waals surface area contributed by atoms with Gasteiger partial charge in [-0.1, -0.05) is 0 Å². The maximum Gasteiger partial charge on any atom is 0.333 e. The molecule has 0 amide bonds. The van der Waals surface area contributed by atoms with E-state index in [1.54, 1.807) is 0 Å². The standard InChI is InChI=1S/C6H11NO5S/c7-13(10,11)12-5-6(9)3-1-2-4-8/h2-3,6,8-9H,4-5H2,(H2,7,10,11). The highest BCUT2D eigenvalue weighted by molar-refractivity contribution is 7.84. The van der Waals surface area contributed by atoms with E-state index in [9.17, 15) is 8.42 Å². The molecule has 0 saturated carbocycles. The summed E-state index contributed by atoms with van der Waals surface area (Å²) in [6.07, 6.45) is 1.27. The molecule has 6 nitrogen and oxygen atoms in total. The first-order chi connectivity index (χ1) is 5.95. The average Bonchev–Trinajstić information content (AvgIpc) is 2.00. The van der Waals surface area contributed by atoms with Gasteiger partial charge >= 0.3 is 10.3 Å². The Morgan fingerprint density at radius 3 is 2.69 bits per heavy atom. The lowest BCUT2D eigenvalue weighted by Gasteiger charge is -2.02. The summed E-state index contributed by atoms with van der Waals surface area (Å²) >= 11 is 0. The van der Waals surface area contributed by atoms with E-state index < -0.39 is 23.0 Å². The quantitative estimate of drug-likeness (QED) is 0.466. The SMILES string of the molecule is NS(=O)(=O)OCC(O)C=C=CCO. The molecule has 4 N–H and O–H groups in total. The van der Waals surface area contributed by atoms with Gasteiger partial charge in [-0.25, -0.2) is 5.14 Å². The zero-order valence-electron chi connectivity index (χ0n) is 6.75. The van der Waals surface area contributed by atoms with Gasteiger partial charge in [-0.15, -0.1) is 5.73 Å². The average molecular weight is 209 g/mol. The molecule has 0 aromatic carbocycles. The van der Waals surface area contributed by atoms with Crippen LogP contribution in [0.5, 0.6) is 0 Å². The largest absolute Gasteiger partial charge is 0.392 e. The maximum atomic E-state index is 10.2. The highest BCUT2D eigenvalue weighted by atomic mass is 32.2. The smallest absolute Gasteiger partial charge is 0.333 e. The Morgan fingerprint density at radius 1 is 1.62 bits per heavy atom. The summed E-state index contributed by atoms with van der Waals surface area (Å²) in [6, 6.07) is 0. The number of aliphatic hydroxyl groups excluding tert-OH is 2. The number of hydrogen-bond donors (Lipinski definition) is 3. The second-order valence-corrected chi connectivity index (χ2v) is 3.29. The van der Waals surface area contributed by atoms with Crippen LogP contribution in [0.15, 0.2) is 17.9 Å². The van der Waals surface area contributed by atoms with Crippen LogP contribution in [-0.2, 0) is 14.5 Å². The van der Waals surface area contributed by atoms with Crippen LogP contribution in [-0.4, -0.2) is 37.9 Å². The molecule has 0 fully saturated rings. The Morgan fingerprint density at radius 2 is 2.23 bits per heavy atom. The molecular formula is C6H11NO5S. The van der Waals surface area contributed by atoms with Crippen LogP contribution in [0, 0.1) is 0 Å². The van der Waals surface area contributed by atoms with Crippen molar-refractivity contribution in [3.05, 3.63) is 17.9 Å². The second-order valence-electron chi connectivity index (χ2n) is 2.06. The van der Waals surface area contributed by atoms with E-state index in [0.717, 1.165) is 6.08 Å². The summed E-state index contributed by atoms with van der Waals surface area (Å²) in [5, 5.41) is 21.7. The molecule has 0 rings (SSSR count). The van der Waals surface area contributed by atoms with E-state index >= 15 is 0 Å². The van der Waals surface area contributed by atoms with Gasteiger partial charge < -0.3 is 10.2 Å². The van der Waals surface area contributed by atoms with Crippen molar-refractivity contribution in [2.75, 3.05) is 13.2 Å². The fourth-order valence-electron chi connectivity index (χ4n) is 0.444. The molecule has 0 aromatic heterocycles. The van der Waals surface area contributed by atoms with Gasteiger partial charge in [0.15, 0.2) is 0 Å². The van der Waals surface area contributed by atoms with Crippen molar-refractivity contribution in [1.29, 1.82) is 0 Å². The summed E-state index contributed by atoms with van der Waals surface area (Å²) in [5.74, 6) is 0. The molecule has 0 aliphatic heterocycles. The van der Waals surface area contributed by atoms with Gasteiger partial charge in [0.25, 0.3) is 0 Å². The Kier molecular flexibility index (Phi) is 5.56. The first-order valence-corrected chi connectivity index (χ1v) is 4.80. The van der Waals surface area contributed by atoms with E-state index in [1.165, 1.54) is 6.08 Å². The highest BCUT2D eigenvalue weighted by Gasteiger charge is 2.05. The third kappa shape index (κ3) is 9.22. The lowest BCUT2D eigenvalue weighted by molar-refractivity contribution is 0.148. The Hall–Kier alpha value is -0.690. The monoisotopic (exact) mass is 209 g/mol. The number of hydrogen-bond acceptors (Lipinski definition) is 5. The fourth-order valence-corrected chi connectivity index (χ4v) is 0.774. The second kappa shape index (κ2) is 5.87. The molecule has 0 spiro atoms. The molecule has 1 unspecified atom stereocenters. The van der Waals surface area contributed by atoms with Crippen molar-refractivity contribution in [1.82, 2.24) is 0 Å². The van der Waals surface area contributed by atoms with Gasteiger partial charge in [0.2, 0.25) is 0 Å². The minimum Gasteiger partial charge on any atom is -0.392 e. The van der Waals surface area contributed by atoms with E-state index in [-0.39, 0.29) is 6.61 Å². The van der Waals surface area contributed by atoms with Gasteiger partial charge in [0.1, 0.15) is 6.10 Å². The van der Waals surface area contributed by atoms with Crippen molar-refractivity contribution in [2.24, 2.45) is 5.14 Å². The van der Waals surface area contributed by atoms with Crippen LogP contribution in [0.3, 0.4) is 0 Å². The molecule has 0 radical (unpaired) electrons. The van der Waals surface area contributed by atoms with Gasteiger partial charge in [-0.2, -0.15) is 8.42 Å². The van der Waals surface area contributed by atoms with Crippen molar-refractivity contribution < 1.29 is 22.8 Å². The first kappa shape index (κ1) is 12.3. The van der Waals surface area contributed by atoms with E-state index in [4.69, 9.17) is 10.2 Å². The first-order valence-electron chi connectivity index (χ1n) is 3.33. The van der Waals surface area contributed by atoms with Crippen molar-refractivity contribution >= 4 is 10.3 Å². The van der Waals surface area contributed by atoms with Gasteiger partial charge in [-0.3, -0.25) is 4.18 Å². The molecule has 0 aliphatic rings. The lowest BCUT2D eigenvalue weighted by atomic mass is 10.3. The summed E-state index contributed by atoms with van der Waals surface area (Å²) in [7, 11) is -4.02. The molecule has 1 atom stereocenters. The zero-order chi connectivity index (χ0) is 10.3. The van der Waals surface area contributed by atoms with Gasteiger partial charge in [0.05, 0.1) is 13.2 Å². The van der Waals surface area contributed by atoms with Gasteiger partial charge in [0, 0.05) is 0 Å². The normalized spacial score (nSPS) is 13.2. The van der Waals surface area contributed by atoms with Crippen molar-refractivity contribution in [2.45, 2.75) is 6.10 Å². The predicted molar refractivity (Wildman–Crippen MR) is 44.8 cm³/mol. The Balaban J connectivity index is 3.89. The van der Waals surface area contributed by atoms with Crippen LogP contribution < -0.4 is 5.14 Å². The number of aliphatic hydroxyl groups is 2. The fraction of sp³-hybridized carbons (Fsp3) is 0.500. The number of nitrogens with two attached hydrogens (primary N) is 1. The zero-order valence-corrected chi connectivity index (χ0v) is 7.57. The number of rotatable bonds is 5. The summed E-state index contributed by atoms with van der Waals surface area (Å²) in [4.78, 5) is 0. The minimum atomic E-state index is -4.02. The van der Waals surface area contributed by atoms with Crippen LogP contribution in [0.2, 0.25) is 0 Å².